The molecule has 3 rings (SSSR count). The highest BCUT2D eigenvalue weighted by Gasteiger charge is 2.29. The van der Waals surface area contributed by atoms with Crippen LogP contribution in [0.5, 0.6) is 0 Å². The zero-order valence-electron chi connectivity index (χ0n) is 10.6. The van der Waals surface area contributed by atoms with Gasteiger partial charge in [-0.25, -0.2) is 0 Å². The van der Waals surface area contributed by atoms with E-state index in [0.29, 0.717) is 6.04 Å². The third-order valence-electron chi connectivity index (χ3n) is 4.11. The lowest BCUT2D eigenvalue weighted by atomic mass is 9.83. The van der Waals surface area contributed by atoms with Crippen LogP contribution in [0, 0.1) is 0 Å². The summed E-state index contributed by atoms with van der Waals surface area (Å²) in [7, 11) is 0. The summed E-state index contributed by atoms with van der Waals surface area (Å²) in [5.41, 5.74) is 0.840. The van der Waals surface area contributed by atoms with Crippen molar-refractivity contribution in [1.82, 2.24) is 4.57 Å². The Morgan fingerprint density at radius 2 is 2.00 bits per heavy atom. The van der Waals surface area contributed by atoms with Crippen LogP contribution in [-0.4, -0.2) is 15.3 Å². The number of rotatable bonds is 1. The maximum atomic E-state index is 10.0. The maximum Gasteiger partial charge on any atom is 0.0621 e. The molecule has 0 saturated heterocycles. The first-order valence-electron chi connectivity index (χ1n) is 6.54. The first-order valence-corrected chi connectivity index (χ1v) is 7.33. The Balaban J connectivity index is 1.91. The van der Waals surface area contributed by atoms with Crippen LogP contribution in [-0.2, 0) is 0 Å². The summed E-state index contributed by atoms with van der Waals surface area (Å²) < 4.78 is 3.50. The van der Waals surface area contributed by atoms with Crippen LogP contribution in [0.4, 0.5) is 0 Å². The van der Waals surface area contributed by atoms with Gasteiger partial charge in [0.2, 0.25) is 0 Å². The van der Waals surface area contributed by atoms with Crippen LogP contribution in [0.3, 0.4) is 0 Å². The topological polar surface area (TPSA) is 25.2 Å². The van der Waals surface area contributed by atoms with Gasteiger partial charge in [0.15, 0.2) is 0 Å². The van der Waals surface area contributed by atoms with E-state index >= 15 is 0 Å². The smallest absolute Gasteiger partial charge is 0.0621 e. The van der Waals surface area contributed by atoms with Gasteiger partial charge in [-0.15, -0.1) is 0 Å². The van der Waals surface area contributed by atoms with Crippen LogP contribution in [0.1, 0.15) is 38.6 Å². The molecule has 96 valence electrons. The quantitative estimate of drug-likeness (QED) is 0.836. The predicted molar refractivity (Wildman–Crippen MR) is 77.8 cm³/mol. The normalized spacial score (nSPS) is 28.7. The Morgan fingerprint density at radius 3 is 2.72 bits per heavy atom. The van der Waals surface area contributed by atoms with Crippen LogP contribution < -0.4 is 0 Å². The Bertz CT molecular complexity index is 563. The van der Waals surface area contributed by atoms with Crippen LogP contribution in [0.2, 0.25) is 0 Å². The molecule has 0 aliphatic heterocycles. The fraction of sp³-hybridized carbons (Fsp3) is 0.467. The maximum absolute atomic E-state index is 10.0. The molecule has 1 aliphatic rings. The first-order chi connectivity index (χ1) is 8.55. The molecule has 0 amide bonds. The number of fused-ring (bicyclic) bond motifs is 1. The molecule has 1 aromatic carbocycles. The summed E-state index contributed by atoms with van der Waals surface area (Å²) in [6, 6.07) is 9.13. The monoisotopic (exact) mass is 307 g/mol. The summed E-state index contributed by atoms with van der Waals surface area (Å²) in [5, 5.41) is 11.3. The second-order valence-corrected chi connectivity index (χ2v) is 6.57. The van der Waals surface area contributed by atoms with Crippen molar-refractivity contribution < 1.29 is 5.11 Å². The number of aromatic nitrogens is 1. The van der Waals surface area contributed by atoms with Crippen molar-refractivity contribution >= 4 is 26.8 Å². The average Bonchev–Trinajstić information content (AvgIpc) is 2.72. The Hall–Kier alpha value is -0.800. The first kappa shape index (κ1) is 12.2. The summed E-state index contributed by atoms with van der Waals surface area (Å²) in [5.74, 6) is 0. The van der Waals surface area contributed by atoms with Crippen molar-refractivity contribution in [1.29, 1.82) is 0 Å². The number of aliphatic hydroxyl groups is 1. The minimum atomic E-state index is -0.456. The molecule has 0 atom stereocenters. The van der Waals surface area contributed by atoms with Gasteiger partial charge in [0.1, 0.15) is 0 Å². The molecule has 2 nitrogen and oxygen atoms in total. The molecule has 18 heavy (non-hydrogen) atoms. The zero-order chi connectivity index (χ0) is 12.8. The van der Waals surface area contributed by atoms with Crippen LogP contribution in [0.15, 0.2) is 34.9 Å². The minimum Gasteiger partial charge on any atom is -0.390 e. The molecule has 0 spiro atoms. The molecule has 0 bridgehead atoms. The van der Waals surface area contributed by atoms with Gasteiger partial charge in [-0.05, 0) is 56.9 Å². The van der Waals surface area contributed by atoms with Gasteiger partial charge in [-0.2, -0.15) is 0 Å². The van der Waals surface area contributed by atoms with E-state index < -0.39 is 5.60 Å². The Labute approximate surface area is 116 Å². The molecular weight excluding hydrogens is 290 g/mol. The molecule has 1 aliphatic carbocycles. The van der Waals surface area contributed by atoms with Crippen LogP contribution >= 0.6 is 15.9 Å². The van der Waals surface area contributed by atoms with Gasteiger partial charge in [-0.3, -0.25) is 0 Å². The lowest BCUT2D eigenvalue weighted by Crippen LogP contribution is -2.31. The van der Waals surface area contributed by atoms with Crippen molar-refractivity contribution in [2.75, 3.05) is 0 Å². The molecule has 1 aromatic heterocycles. The van der Waals surface area contributed by atoms with Gasteiger partial charge < -0.3 is 9.67 Å². The highest BCUT2D eigenvalue weighted by molar-refractivity contribution is 9.10. The fourth-order valence-corrected chi connectivity index (χ4v) is 3.33. The largest absolute Gasteiger partial charge is 0.390 e. The molecule has 0 radical (unpaired) electrons. The van der Waals surface area contributed by atoms with E-state index in [1.165, 1.54) is 10.9 Å². The molecular formula is C15H18BrNO. The molecule has 1 heterocycles. The molecule has 0 unspecified atom stereocenters. The van der Waals surface area contributed by atoms with Crippen LogP contribution in [0.25, 0.3) is 10.9 Å². The number of hydrogen-bond donors (Lipinski definition) is 1. The summed E-state index contributed by atoms with van der Waals surface area (Å²) in [4.78, 5) is 0. The number of nitrogens with zero attached hydrogens (tertiary/aromatic N) is 1. The van der Waals surface area contributed by atoms with Gasteiger partial charge in [0, 0.05) is 27.6 Å². The average molecular weight is 308 g/mol. The Kier molecular flexibility index (Phi) is 2.99. The Morgan fingerprint density at radius 1 is 1.28 bits per heavy atom. The summed E-state index contributed by atoms with van der Waals surface area (Å²) in [6.07, 6.45) is 6.10. The van der Waals surface area contributed by atoms with Gasteiger partial charge in [0.25, 0.3) is 0 Å². The molecule has 1 fully saturated rings. The van der Waals surface area contributed by atoms with E-state index in [-0.39, 0.29) is 0 Å². The minimum absolute atomic E-state index is 0.456. The zero-order valence-corrected chi connectivity index (χ0v) is 12.2. The standard InChI is InChI=1S/C15H18BrNO/c1-15(18)7-4-13(5-8-15)17-9-6-11-10-12(16)2-3-14(11)17/h2-3,6,9-10,13,18H,4-5,7-8H2,1H3/t13-,15-. The lowest BCUT2D eigenvalue weighted by Gasteiger charge is -2.34. The van der Waals surface area contributed by atoms with E-state index in [9.17, 15) is 5.11 Å². The molecule has 3 heteroatoms. The second kappa shape index (κ2) is 4.39. The van der Waals surface area contributed by atoms with Gasteiger partial charge >= 0.3 is 0 Å². The summed E-state index contributed by atoms with van der Waals surface area (Å²) >= 11 is 3.51. The van der Waals surface area contributed by atoms with Crippen molar-refractivity contribution in [2.24, 2.45) is 0 Å². The van der Waals surface area contributed by atoms with Crippen molar-refractivity contribution in [3.63, 3.8) is 0 Å². The van der Waals surface area contributed by atoms with E-state index in [4.69, 9.17) is 0 Å². The predicted octanol–water partition coefficient (Wildman–Crippen LogP) is 4.27. The lowest BCUT2D eigenvalue weighted by molar-refractivity contribution is 0.0104. The third kappa shape index (κ3) is 2.21. The van der Waals surface area contributed by atoms with Crippen molar-refractivity contribution in [3.05, 3.63) is 34.9 Å². The van der Waals surface area contributed by atoms with E-state index in [1.807, 2.05) is 6.92 Å². The highest BCUT2D eigenvalue weighted by Crippen LogP contribution is 2.36. The SMILES string of the molecule is C[C@]1(O)CC[C@H](n2ccc3cc(Br)ccc32)CC1. The fourth-order valence-electron chi connectivity index (χ4n) is 2.96. The number of hydrogen-bond acceptors (Lipinski definition) is 1. The number of benzene rings is 1. The molecule has 2 aromatic rings. The van der Waals surface area contributed by atoms with E-state index in [1.54, 1.807) is 0 Å². The summed E-state index contributed by atoms with van der Waals surface area (Å²) in [6.45, 7) is 1.95. The van der Waals surface area contributed by atoms with Gasteiger partial charge in [-0.1, -0.05) is 15.9 Å². The molecule has 1 N–H and O–H groups in total. The van der Waals surface area contributed by atoms with Crippen molar-refractivity contribution in [2.45, 2.75) is 44.2 Å². The van der Waals surface area contributed by atoms with Crippen molar-refractivity contribution in [3.8, 4) is 0 Å². The van der Waals surface area contributed by atoms with Gasteiger partial charge in [0.05, 0.1) is 5.60 Å². The molecule has 1 saturated carbocycles. The highest BCUT2D eigenvalue weighted by atomic mass is 79.9. The number of halogens is 1. The van der Waals surface area contributed by atoms with E-state index in [2.05, 4.69) is 51.0 Å². The third-order valence-corrected chi connectivity index (χ3v) is 4.60. The van der Waals surface area contributed by atoms with E-state index in [0.717, 1.165) is 30.2 Å². The second-order valence-electron chi connectivity index (χ2n) is 5.65.